The van der Waals surface area contributed by atoms with Crippen molar-refractivity contribution >= 4 is 35.2 Å². The van der Waals surface area contributed by atoms with Crippen LogP contribution in [0.2, 0.25) is 0 Å². The SMILES string of the molecule is CC(SCCC(=O)O)C(=O)Nc1ccc(C(N)=O)cc1. The number of carboxylic acid groups (broad SMARTS) is 1. The number of amides is 2. The molecule has 1 atom stereocenters. The molecule has 1 unspecified atom stereocenters. The first kappa shape index (κ1) is 16.0. The first-order chi connectivity index (χ1) is 9.40. The molecular formula is C13H16N2O4S. The molecule has 1 rings (SSSR count). The molecule has 7 heteroatoms. The molecule has 4 N–H and O–H groups in total. The lowest BCUT2D eigenvalue weighted by atomic mass is 10.2. The van der Waals surface area contributed by atoms with Crippen LogP contribution >= 0.6 is 11.8 Å². The number of primary amides is 1. The van der Waals surface area contributed by atoms with E-state index in [0.29, 0.717) is 17.0 Å². The normalized spacial score (nSPS) is 11.7. The summed E-state index contributed by atoms with van der Waals surface area (Å²) in [7, 11) is 0. The van der Waals surface area contributed by atoms with Crippen LogP contribution in [0.25, 0.3) is 0 Å². The predicted octanol–water partition coefficient (Wildman–Crippen LogP) is 1.32. The van der Waals surface area contributed by atoms with E-state index < -0.39 is 11.9 Å². The molecule has 0 saturated heterocycles. The molecule has 0 heterocycles. The quantitative estimate of drug-likeness (QED) is 0.703. The van der Waals surface area contributed by atoms with E-state index in [-0.39, 0.29) is 17.6 Å². The van der Waals surface area contributed by atoms with Crippen molar-refractivity contribution in [2.45, 2.75) is 18.6 Å². The Kier molecular flexibility index (Phi) is 6.05. The second-order valence-corrected chi connectivity index (χ2v) is 5.54. The van der Waals surface area contributed by atoms with Crippen molar-refractivity contribution in [3.63, 3.8) is 0 Å². The standard InChI is InChI=1S/C13H16N2O4S/c1-8(20-7-6-11(16)17)13(19)15-10-4-2-9(3-5-10)12(14)18/h2-5,8H,6-7H2,1H3,(H2,14,18)(H,15,19)(H,16,17). The highest BCUT2D eigenvalue weighted by atomic mass is 32.2. The maximum atomic E-state index is 11.8. The Balaban J connectivity index is 2.48. The molecule has 0 aliphatic heterocycles. The van der Waals surface area contributed by atoms with Gasteiger partial charge in [0.1, 0.15) is 0 Å². The third-order valence-corrected chi connectivity index (χ3v) is 3.64. The van der Waals surface area contributed by atoms with Gasteiger partial charge in [0.25, 0.3) is 0 Å². The molecular weight excluding hydrogens is 280 g/mol. The summed E-state index contributed by atoms with van der Waals surface area (Å²) in [5.74, 6) is -1.25. The summed E-state index contributed by atoms with van der Waals surface area (Å²) in [6.07, 6.45) is 0.0234. The van der Waals surface area contributed by atoms with Crippen LogP contribution in [0.1, 0.15) is 23.7 Å². The van der Waals surface area contributed by atoms with Crippen LogP contribution in [0, 0.1) is 0 Å². The highest BCUT2D eigenvalue weighted by molar-refractivity contribution is 8.00. The zero-order valence-electron chi connectivity index (χ0n) is 11.0. The van der Waals surface area contributed by atoms with Crippen molar-refractivity contribution in [1.29, 1.82) is 0 Å². The molecule has 0 bridgehead atoms. The predicted molar refractivity (Wildman–Crippen MR) is 77.8 cm³/mol. The zero-order valence-corrected chi connectivity index (χ0v) is 11.8. The minimum atomic E-state index is -0.882. The summed E-state index contributed by atoms with van der Waals surface area (Å²) in [6.45, 7) is 1.71. The van der Waals surface area contributed by atoms with Gasteiger partial charge >= 0.3 is 5.97 Å². The summed E-state index contributed by atoms with van der Waals surface area (Å²) in [5, 5.41) is 10.8. The summed E-state index contributed by atoms with van der Waals surface area (Å²) in [6, 6.07) is 6.24. The molecule has 0 radical (unpaired) electrons. The molecule has 0 fully saturated rings. The number of benzene rings is 1. The van der Waals surface area contributed by atoms with Gasteiger partial charge in [0.15, 0.2) is 0 Å². The smallest absolute Gasteiger partial charge is 0.304 e. The second-order valence-electron chi connectivity index (χ2n) is 4.09. The molecule has 0 aliphatic rings. The van der Waals surface area contributed by atoms with Crippen molar-refractivity contribution in [3.8, 4) is 0 Å². The number of rotatable bonds is 7. The summed E-state index contributed by atoms with van der Waals surface area (Å²) < 4.78 is 0. The molecule has 1 aromatic carbocycles. The van der Waals surface area contributed by atoms with E-state index in [1.807, 2.05) is 0 Å². The van der Waals surface area contributed by atoms with E-state index in [1.54, 1.807) is 19.1 Å². The number of aliphatic carboxylic acids is 1. The Morgan fingerprint density at radius 2 is 1.90 bits per heavy atom. The molecule has 1 aromatic rings. The number of carboxylic acids is 1. The average Bonchev–Trinajstić information content (AvgIpc) is 2.38. The van der Waals surface area contributed by atoms with E-state index >= 15 is 0 Å². The Morgan fingerprint density at radius 3 is 2.40 bits per heavy atom. The average molecular weight is 296 g/mol. The maximum absolute atomic E-state index is 11.8. The number of nitrogens with two attached hydrogens (primary N) is 1. The molecule has 0 saturated carbocycles. The molecule has 2 amide bonds. The number of hydrogen-bond acceptors (Lipinski definition) is 4. The lowest BCUT2D eigenvalue weighted by Crippen LogP contribution is -2.23. The van der Waals surface area contributed by atoms with Crippen molar-refractivity contribution in [2.75, 3.05) is 11.1 Å². The minimum absolute atomic E-state index is 0.0234. The van der Waals surface area contributed by atoms with Crippen LogP contribution in [0.3, 0.4) is 0 Å². The van der Waals surface area contributed by atoms with Gasteiger partial charge < -0.3 is 16.2 Å². The molecule has 6 nitrogen and oxygen atoms in total. The molecule has 20 heavy (non-hydrogen) atoms. The fraction of sp³-hybridized carbons (Fsp3) is 0.308. The van der Waals surface area contributed by atoms with Gasteiger partial charge in [-0.1, -0.05) is 0 Å². The number of carbonyl (C=O) groups excluding carboxylic acids is 2. The topological polar surface area (TPSA) is 109 Å². The van der Waals surface area contributed by atoms with Crippen molar-refractivity contribution in [1.82, 2.24) is 0 Å². The Labute approximate surface area is 120 Å². The molecule has 108 valence electrons. The van der Waals surface area contributed by atoms with E-state index in [4.69, 9.17) is 10.8 Å². The summed E-state index contributed by atoms with van der Waals surface area (Å²) in [5.41, 5.74) is 6.04. The van der Waals surface area contributed by atoms with E-state index in [2.05, 4.69) is 5.32 Å². The lowest BCUT2D eigenvalue weighted by molar-refractivity contribution is -0.136. The summed E-state index contributed by atoms with van der Waals surface area (Å²) in [4.78, 5) is 33.1. The largest absolute Gasteiger partial charge is 0.481 e. The first-order valence-electron chi connectivity index (χ1n) is 5.94. The highest BCUT2D eigenvalue weighted by Gasteiger charge is 2.14. The van der Waals surface area contributed by atoms with Gasteiger partial charge in [0.2, 0.25) is 11.8 Å². The number of thioether (sulfide) groups is 1. The number of hydrogen-bond donors (Lipinski definition) is 3. The Morgan fingerprint density at radius 1 is 1.30 bits per heavy atom. The van der Waals surface area contributed by atoms with Crippen LogP contribution < -0.4 is 11.1 Å². The number of anilines is 1. The van der Waals surface area contributed by atoms with Gasteiger partial charge in [-0.05, 0) is 31.2 Å². The third-order valence-electron chi connectivity index (χ3n) is 2.49. The van der Waals surface area contributed by atoms with Gasteiger partial charge in [-0.3, -0.25) is 14.4 Å². The van der Waals surface area contributed by atoms with Gasteiger partial charge in [-0.15, -0.1) is 11.8 Å². The summed E-state index contributed by atoms with van der Waals surface area (Å²) >= 11 is 1.27. The van der Waals surface area contributed by atoms with Gasteiger partial charge in [-0.25, -0.2) is 0 Å². The van der Waals surface area contributed by atoms with Crippen molar-refractivity contribution in [3.05, 3.63) is 29.8 Å². The van der Waals surface area contributed by atoms with Crippen LogP contribution in [-0.4, -0.2) is 33.9 Å². The molecule has 0 aliphatic carbocycles. The minimum Gasteiger partial charge on any atom is -0.481 e. The van der Waals surface area contributed by atoms with Crippen LogP contribution in [-0.2, 0) is 9.59 Å². The monoisotopic (exact) mass is 296 g/mol. The second kappa shape index (κ2) is 7.54. The van der Waals surface area contributed by atoms with Crippen LogP contribution in [0.15, 0.2) is 24.3 Å². The van der Waals surface area contributed by atoms with Gasteiger partial charge in [-0.2, -0.15) is 0 Å². The van der Waals surface area contributed by atoms with E-state index in [0.717, 1.165) is 0 Å². The van der Waals surface area contributed by atoms with Crippen LogP contribution in [0.5, 0.6) is 0 Å². The Hall–Kier alpha value is -2.02. The number of carbonyl (C=O) groups is 3. The Bertz CT molecular complexity index is 502. The van der Waals surface area contributed by atoms with Crippen molar-refractivity contribution < 1.29 is 19.5 Å². The number of nitrogens with one attached hydrogen (secondary N) is 1. The first-order valence-corrected chi connectivity index (χ1v) is 6.99. The fourth-order valence-corrected chi connectivity index (χ4v) is 2.22. The van der Waals surface area contributed by atoms with Gasteiger partial charge in [0, 0.05) is 17.0 Å². The van der Waals surface area contributed by atoms with E-state index in [9.17, 15) is 14.4 Å². The zero-order chi connectivity index (χ0) is 15.1. The molecule has 0 spiro atoms. The third kappa shape index (κ3) is 5.31. The highest BCUT2D eigenvalue weighted by Crippen LogP contribution is 2.15. The lowest BCUT2D eigenvalue weighted by Gasteiger charge is -2.11. The molecule has 0 aromatic heterocycles. The van der Waals surface area contributed by atoms with Crippen molar-refractivity contribution in [2.24, 2.45) is 5.73 Å². The van der Waals surface area contributed by atoms with Gasteiger partial charge in [0.05, 0.1) is 11.7 Å². The maximum Gasteiger partial charge on any atom is 0.304 e. The van der Waals surface area contributed by atoms with Crippen LogP contribution in [0.4, 0.5) is 5.69 Å². The fourth-order valence-electron chi connectivity index (χ4n) is 1.36. The van der Waals surface area contributed by atoms with E-state index in [1.165, 1.54) is 23.9 Å².